The summed E-state index contributed by atoms with van der Waals surface area (Å²) in [5, 5.41) is 0. The number of piperidine rings is 1. The highest BCUT2D eigenvalue weighted by molar-refractivity contribution is 5.14. The summed E-state index contributed by atoms with van der Waals surface area (Å²) in [6, 6.07) is 11.1. The van der Waals surface area contributed by atoms with Crippen LogP contribution < -0.4 is 5.73 Å². The van der Waals surface area contributed by atoms with Crippen LogP contribution in [0.25, 0.3) is 0 Å². The van der Waals surface area contributed by atoms with E-state index in [1.54, 1.807) is 0 Å². The molecule has 1 aromatic rings. The molecule has 0 spiro atoms. The molecule has 3 nitrogen and oxygen atoms in total. The minimum absolute atomic E-state index is 0.399. The van der Waals surface area contributed by atoms with Crippen LogP contribution in [-0.4, -0.2) is 49.1 Å². The Morgan fingerprint density at radius 2 is 2.11 bits per heavy atom. The Labute approximate surface area is 117 Å². The van der Waals surface area contributed by atoms with Gasteiger partial charge < -0.3 is 15.5 Å². The molecule has 1 heterocycles. The van der Waals surface area contributed by atoms with Gasteiger partial charge in [0.25, 0.3) is 0 Å². The van der Waals surface area contributed by atoms with E-state index in [1.807, 2.05) is 0 Å². The van der Waals surface area contributed by atoms with Crippen molar-refractivity contribution in [3.05, 3.63) is 35.9 Å². The summed E-state index contributed by atoms with van der Waals surface area (Å²) in [6.45, 7) is 5.70. The van der Waals surface area contributed by atoms with Crippen molar-refractivity contribution >= 4 is 0 Å². The lowest BCUT2D eigenvalue weighted by molar-refractivity contribution is 0.195. The molecule has 1 aliphatic heterocycles. The van der Waals surface area contributed by atoms with Crippen LogP contribution in [0.3, 0.4) is 0 Å². The number of likely N-dealkylation sites (tertiary alicyclic amines) is 1. The van der Waals surface area contributed by atoms with Crippen LogP contribution in [0.5, 0.6) is 0 Å². The highest BCUT2D eigenvalue weighted by Gasteiger charge is 2.15. The lowest BCUT2D eigenvalue weighted by atomic mass is 10.1. The molecule has 106 valence electrons. The van der Waals surface area contributed by atoms with Gasteiger partial charge in [0.2, 0.25) is 0 Å². The summed E-state index contributed by atoms with van der Waals surface area (Å²) < 4.78 is 0. The molecule has 2 N–H and O–H groups in total. The third kappa shape index (κ3) is 5.31. The van der Waals surface area contributed by atoms with Gasteiger partial charge in [-0.3, -0.25) is 0 Å². The Morgan fingerprint density at radius 3 is 2.84 bits per heavy atom. The molecule has 0 radical (unpaired) electrons. The lowest BCUT2D eigenvalue weighted by Gasteiger charge is -2.31. The molecule has 1 aliphatic rings. The van der Waals surface area contributed by atoms with Crippen LogP contribution in [0, 0.1) is 0 Å². The molecule has 3 heteroatoms. The second-order valence-corrected chi connectivity index (χ2v) is 5.78. The molecule has 0 bridgehead atoms. The largest absolute Gasteiger partial charge is 0.327 e. The molecule has 1 atom stereocenters. The van der Waals surface area contributed by atoms with Crippen LogP contribution in [0.15, 0.2) is 30.3 Å². The molecule has 0 aliphatic carbocycles. The smallest absolute Gasteiger partial charge is 0.0230 e. The van der Waals surface area contributed by atoms with E-state index >= 15 is 0 Å². The van der Waals surface area contributed by atoms with E-state index in [2.05, 4.69) is 47.2 Å². The summed E-state index contributed by atoms with van der Waals surface area (Å²) in [4.78, 5) is 4.92. The Balaban J connectivity index is 1.62. The zero-order valence-electron chi connectivity index (χ0n) is 12.1. The fraction of sp³-hybridized carbons (Fsp3) is 0.625. The summed E-state index contributed by atoms with van der Waals surface area (Å²) in [6.07, 6.45) is 3.70. The fourth-order valence-corrected chi connectivity index (χ4v) is 2.83. The Morgan fingerprint density at radius 1 is 1.32 bits per heavy atom. The van der Waals surface area contributed by atoms with Gasteiger partial charge in [0.1, 0.15) is 0 Å². The summed E-state index contributed by atoms with van der Waals surface area (Å²) in [5.74, 6) is 0. The minimum Gasteiger partial charge on any atom is -0.327 e. The van der Waals surface area contributed by atoms with E-state index < -0.39 is 0 Å². The molecule has 1 unspecified atom stereocenters. The van der Waals surface area contributed by atoms with Gasteiger partial charge in [0, 0.05) is 19.1 Å². The molecule has 2 rings (SSSR count). The minimum atomic E-state index is 0.399. The van der Waals surface area contributed by atoms with Gasteiger partial charge >= 0.3 is 0 Å². The monoisotopic (exact) mass is 261 g/mol. The Hall–Kier alpha value is -0.900. The van der Waals surface area contributed by atoms with Crippen molar-refractivity contribution in [1.82, 2.24) is 9.80 Å². The molecule has 0 saturated carbocycles. The van der Waals surface area contributed by atoms with Crippen molar-refractivity contribution in [3.63, 3.8) is 0 Å². The molecule has 19 heavy (non-hydrogen) atoms. The van der Waals surface area contributed by atoms with Crippen molar-refractivity contribution in [3.8, 4) is 0 Å². The second-order valence-electron chi connectivity index (χ2n) is 5.78. The van der Waals surface area contributed by atoms with E-state index in [9.17, 15) is 0 Å². The van der Waals surface area contributed by atoms with Gasteiger partial charge in [-0.25, -0.2) is 0 Å². The first-order valence-electron chi connectivity index (χ1n) is 7.44. The Bertz CT molecular complexity index is 352. The van der Waals surface area contributed by atoms with E-state index in [0.717, 1.165) is 19.6 Å². The van der Waals surface area contributed by atoms with Gasteiger partial charge in [0.15, 0.2) is 0 Å². The molecule has 1 aromatic carbocycles. The van der Waals surface area contributed by atoms with Crippen molar-refractivity contribution in [2.24, 2.45) is 5.73 Å². The lowest BCUT2D eigenvalue weighted by Crippen LogP contribution is -2.43. The normalized spacial score (nSPS) is 20.9. The topological polar surface area (TPSA) is 32.5 Å². The van der Waals surface area contributed by atoms with Crippen molar-refractivity contribution < 1.29 is 0 Å². The van der Waals surface area contributed by atoms with Crippen molar-refractivity contribution in [2.75, 3.05) is 33.2 Å². The van der Waals surface area contributed by atoms with Gasteiger partial charge in [0.05, 0.1) is 0 Å². The Kier molecular flexibility index (Phi) is 5.83. The molecule has 1 saturated heterocycles. The van der Waals surface area contributed by atoms with Crippen LogP contribution >= 0.6 is 0 Å². The van der Waals surface area contributed by atoms with E-state index in [-0.39, 0.29) is 0 Å². The van der Waals surface area contributed by atoms with Gasteiger partial charge in [-0.2, -0.15) is 0 Å². The predicted molar refractivity (Wildman–Crippen MR) is 81.0 cm³/mol. The highest BCUT2D eigenvalue weighted by Crippen LogP contribution is 2.09. The zero-order valence-corrected chi connectivity index (χ0v) is 12.1. The first-order chi connectivity index (χ1) is 9.24. The molecular weight excluding hydrogens is 234 g/mol. The summed E-state index contributed by atoms with van der Waals surface area (Å²) in [7, 11) is 2.20. The SMILES string of the molecule is CN(CCCN1CCCC(N)C1)Cc1ccccc1. The maximum atomic E-state index is 6.01. The maximum Gasteiger partial charge on any atom is 0.0230 e. The van der Waals surface area contributed by atoms with E-state index in [4.69, 9.17) is 5.73 Å². The van der Waals surface area contributed by atoms with Crippen LogP contribution in [0.4, 0.5) is 0 Å². The predicted octanol–water partition coefficient (Wildman–Crippen LogP) is 1.93. The zero-order chi connectivity index (χ0) is 13.5. The average molecular weight is 261 g/mol. The van der Waals surface area contributed by atoms with Crippen molar-refractivity contribution in [2.45, 2.75) is 31.8 Å². The van der Waals surface area contributed by atoms with Crippen molar-refractivity contribution in [1.29, 1.82) is 0 Å². The molecule has 1 fully saturated rings. The number of hydrogen-bond donors (Lipinski definition) is 1. The second kappa shape index (κ2) is 7.63. The van der Waals surface area contributed by atoms with Crippen LogP contribution in [-0.2, 0) is 6.54 Å². The first kappa shape index (κ1) is 14.5. The third-order valence-corrected chi connectivity index (χ3v) is 3.85. The maximum absolute atomic E-state index is 6.01. The van der Waals surface area contributed by atoms with Crippen LogP contribution in [0.1, 0.15) is 24.8 Å². The van der Waals surface area contributed by atoms with E-state index in [0.29, 0.717) is 6.04 Å². The van der Waals surface area contributed by atoms with Gasteiger partial charge in [-0.05, 0) is 51.5 Å². The number of rotatable bonds is 6. The third-order valence-electron chi connectivity index (χ3n) is 3.85. The first-order valence-corrected chi connectivity index (χ1v) is 7.44. The standard InChI is InChI=1S/C16H27N3/c1-18(13-15-7-3-2-4-8-15)10-6-12-19-11-5-9-16(17)14-19/h2-4,7-8,16H,5-6,9-14,17H2,1H3. The summed E-state index contributed by atoms with van der Waals surface area (Å²) >= 11 is 0. The quantitative estimate of drug-likeness (QED) is 0.849. The van der Waals surface area contributed by atoms with Crippen LogP contribution in [0.2, 0.25) is 0 Å². The number of nitrogens with zero attached hydrogens (tertiary/aromatic N) is 2. The van der Waals surface area contributed by atoms with Gasteiger partial charge in [-0.15, -0.1) is 0 Å². The number of nitrogens with two attached hydrogens (primary N) is 1. The summed E-state index contributed by atoms with van der Waals surface area (Å²) in [5.41, 5.74) is 7.40. The molecular formula is C16H27N3. The fourth-order valence-electron chi connectivity index (χ4n) is 2.83. The van der Waals surface area contributed by atoms with Gasteiger partial charge in [-0.1, -0.05) is 30.3 Å². The van der Waals surface area contributed by atoms with E-state index in [1.165, 1.54) is 37.9 Å². The highest BCUT2D eigenvalue weighted by atomic mass is 15.2. The average Bonchev–Trinajstić information content (AvgIpc) is 2.40. The number of hydrogen-bond acceptors (Lipinski definition) is 3. The number of benzene rings is 1. The molecule has 0 amide bonds. The molecule has 0 aromatic heterocycles.